The topological polar surface area (TPSA) is 0 Å². The van der Waals surface area contributed by atoms with Crippen molar-refractivity contribution in [3.63, 3.8) is 0 Å². The first-order valence-corrected chi connectivity index (χ1v) is 10.4. The Kier molecular flexibility index (Phi) is 6.43. The molecular weight excluding hydrogens is 450 g/mol. The van der Waals surface area contributed by atoms with Crippen LogP contribution in [0.15, 0.2) is 58.2 Å². The Balaban J connectivity index is 0.00000131. The summed E-state index contributed by atoms with van der Waals surface area (Å²) in [5, 5.41) is 2.97. The summed E-state index contributed by atoms with van der Waals surface area (Å²) < 4.78 is 1.55. The first-order chi connectivity index (χ1) is 11.7. The Morgan fingerprint density at radius 3 is 2.22 bits per heavy atom. The van der Waals surface area contributed by atoms with Crippen LogP contribution in [0.3, 0.4) is 0 Å². The molecule has 0 saturated carbocycles. The van der Waals surface area contributed by atoms with Gasteiger partial charge in [0.2, 0.25) is 0 Å². The zero-order valence-corrected chi connectivity index (χ0v) is 20.8. The summed E-state index contributed by atoms with van der Waals surface area (Å²) in [6, 6.07) is 4.75. The van der Waals surface area contributed by atoms with Crippen LogP contribution >= 0.6 is 0 Å². The van der Waals surface area contributed by atoms with E-state index in [-0.39, 0.29) is 30.2 Å². The van der Waals surface area contributed by atoms with Gasteiger partial charge < -0.3 is 24.8 Å². The normalized spacial score (nSPS) is 19.6. The molecule has 3 aliphatic rings. The van der Waals surface area contributed by atoms with Gasteiger partial charge in [-0.05, 0) is 0 Å². The van der Waals surface area contributed by atoms with Gasteiger partial charge in [-0.25, -0.2) is 0 Å². The van der Waals surface area contributed by atoms with Crippen molar-refractivity contribution in [3.05, 3.63) is 79.8 Å². The van der Waals surface area contributed by atoms with E-state index in [1.54, 1.807) is 14.4 Å². The monoisotopic (exact) mass is 473 g/mol. The molecule has 0 nitrogen and oxygen atoms in total. The van der Waals surface area contributed by atoms with Crippen molar-refractivity contribution < 1.29 is 49.5 Å². The number of aryl methyl sites for hydroxylation is 2. The Morgan fingerprint density at radius 1 is 0.963 bits per heavy atom. The van der Waals surface area contributed by atoms with Crippen LogP contribution in [-0.2, 0) is 24.7 Å². The summed E-state index contributed by atoms with van der Waals surface area (Å²) in [4.78, 5) is 0. The van der Waals surface area contributed by atoms with E-state index < -0.39 is 0 Å². The Hall–Kier alpha value is -0.617. The van der Waals surface area contributed by atoms with E-state index in [2.05, 4.69) is 71.9 Å². The molecule has 0 saturated heterocycles. The summed E-state index contributed by atoms with van der Waals surface area (Å²) in [5.74, 6) is 0. The fourth-order valence-corrected chi connectivity index (χ4v) is 5.96. The average molecular weight is 476 g/mol. The summed E-state index contributed by atoms with van der Waals surface area (Å²) in [7, 11) is 0. The largest absolute Gasteiger partial charge is 1.00 e. The predicted molar refractivity (Wildman–Crippen MR) is 103 cm³/mol. The van der Waals surface area contributed by atoms with Gasteiger partial charge in [0.1, 0.15) is 0 Å². The zero-order valence-electron chi connectivity index (χ0n) is 16.8. The fourth-order valence-electron chi connectivity index (χ4n) is 4.86. The van der Waals surface area contributed by atoms with Gasteiger partial charge in [-0.1, -0.05) is 0 Å². The van der Waals surface area contributed by atoms with E-state index in [0.717, 1.165) is 6.42 Å². The first kappa shape index (κ1) is 22.7. The minimum Gasteiger partial charge on any atom is -1.00 e. The van der Waals surface area contributed by atoms with Crippen LogP contribution in [0.25, 0.3) is 8.85 Å². The molecule has 0 spiro atoms. The molecule has 0 aliphatic heterocycles. The van der Waals surface area contributed by atoms with Crippen molar-refractivity contribution in [1.82, 2.24) is 0 Å². The summed E-state index contributed by atoms with van der Waals surface area (Å²) >= 11 is 1.52. The number of halogens is 2. The van der Waals surface area contributed by atoms with Gasteiger partial charge in [0, 0.05) is 0 Å². The minimum atomic E-state index is 0. The molecule has 0 amide bonds. The van der Waals surface area contributed by atoms with Crippen LogP contribution in [0.1, 0.15) is 45.2 Å². The van der Waals surface area contributed by atoms with Crippen molar-refractivity contribution in [2.24, 2.45) is 5.41 Å². The molecule has 0 atom stereocenters. The third-order valence-corrected chi connectivity index (χ3v) is 7.62. The van der Waals surface area contributed by atoms with Crippen LogP contribution < -0.4 is 35.3 Å². The van der Waals surface area contributed by atoms with Gasteiger partial charge in [-0.2, -0.15) is 0 Å². The van der Waals surface area contributed by atoms with Gasteiger partial charge in [0.25, 0.3) is 0 Å². The van der Waals surface area contributed by atoms with Gasteiger partial charge in [-0.3, -0.25) is 0 Å². The number of benzene rings is 1. The van der Waals surface area contributed by atoms with Crippen LogP contribution in [0.4, 0.5) is 0 Å². The van der Waals surface area contributed by atoms with Crippen molar-refractivity contribution in [1.29, 1.82) is 0 Å². The molecule has 0 aromatic heterocycles. The molecule has 0 fully saturated rings. The quantitative estimate of drug-likeness (QED) is 0.474. The van der Waals surface area contributed by atoms with Crippen molar-refractivity contribution in [3.8, 4) is 0 Å². The molecular formula is C24H25Cl2Zr. The van der Waals surface area contributed by atoms with Crippen molar-refractivity contribution >= 4 is 8.85 Å². The maximum Gasteiger partial charge on any atom is -1.00 e. The average Bonchev–Trinajstić information content (AvgIpc) is 3.14. The standard InChI is InChI=1S/C24H25.2ClH.Zr/c1-14-11-15(2)21-19(12-14)13-20-22(21)16(3)17(4)24(5,6)23(20)18-9-7-8-10-18;;;/h7-9,11-12H,10H2,1-6H3;2*1H;/q;;;+2/p-2. The summed E-state index contributed by atoms with van der Waals surface area (Å²) in [6.07, 6.45) is 7.92. The summed E-state index contributed by atoms with van der Waals surface area (Å²) in [5.41, 5.74) is 12.0. The molecule has 4 rings (SSSR count). The third kappa shape index (κ3) is 3.15. The Labute approximate surface area is 190 Å². The van der Waals surface area contributed by atoms with Gasteiger partial charge in [0.15, 0.2) is 0 Å². The maximum atomic E-state index is 2.41. The van der Waals surface area contributed by atoms with E-state index >= 15 is 0 Å². The second-order valence-corrected chi connectivity index (χ2v) is 9.43. The molecule has 0 radical (unpaired) electrons. The molecule has 0 N–H and O–H groups in total. The van der Waals surface area contributed by atoms with Crippen LogP contribution in [-0.4, -0.2) is 0 Å². The number of allylic oxidation sites excluding steroid dienone is 8. The van der Waals surface area contributed by atoms with Crippen LogP contribution in [0, 0.1) is 19.3 Å². The van der Waals surface area contributed by atoms with Gasteiger partial charge in [-0.15, -0.1) is 0 Å². The number of rotatable bonds is 1. The number of hydrogen-bond donors (Lipinski definition) is 0. The maximum absolute atomic E-state index is 2.41. The predicted octanol–water partition coefficient (Wildman–Crippen LogP) is -1.31. The fraction of sp³-hybridized carbons (Fsp3) is 0.333. The Bertz CT molecular complexity index is 1080. The molecule has 27 heavy (non-hydrogen) atoms. The second-order valence-electron chi connectivity index (χ2n) is 8.20. The zero-order chi connectivity index (χ0) is 18.1. The van der Waals surface area contributed by atoms with E-state index in [9.17, 15) is 0 Å². The van der Waals surface area contributed by atoms with E-state index in [0.29, 0.717) is 0 Å². The van der Waals surface area contributed by atoms with Gasteiger partial charge in [0.05, 0.1) is 0 Å². The molecule has 0 bridgehead atoms. The van der Waals surface area contributed by atoms with E-state index in [1.165, 1.54) is 68.6 Å². The van der Waals surface area contributed by atoms with E-state index in [1.807, 2.05) is 0 Å². The first-order valence-electron chi connectivity index (χ1n) is 9.12. The second kappa shape index (κ2) is 7.66. The molecule has 3 aliphatic carbocycles. The molecule has 139 valence electrons. The molecule has 1 aromatic carbocycles. The van der Waals surface area contributed by atoms with Crippen molar-refractivity contribution in [2.75, 3.05) is 0 Å². The molecule has 3 heteroatoms. The molecule has 0 heterocycles. The minimum absolute atomic E-state index is 0. The van der Waals surface area contributed by atoms with Gasteiger partial charge >= 0.3 is 167 Å². The summed E-state index contributed by atoms with van der Waals surface area (Å²) in [6.45, 7) is 14.0. The van der Waals surface area contributed by atoms with E-state index in [4.69, 9.17) is 0 Å². The molecule has 1 aromatic rings. The smallest absolute Gasteiger partial charge is 1.00 e. The Morgan fingerprint density at radius 2 is 1.63 bits per heavy atom. The van der Waals surface area contributed by atoms with Crippen LogP contribution in [0.2, 0.25) is 0 Å². The van der Waals surface area contributed by atoms with Crippen molar-refractivity contribution in [2.45, 2.75) is 48.0 Å². The van der Waals surface area contributed by atoms with Crippen LogP contribution in [0.5, 0.6) is 0 Å². The number of fused-ring (bicyclic) bond motifs is 2. The third-order valence-electron chi connectivity index (χ3n) is 6.34. The number of hydrogen-bond acceptors (Lipinski definition) is 0. The SMILES string of the molecule is CC1=C(C)C(C)(C)C(C2=CC=CC2)=C2[C]([Zr+2])=c3cc(C)cc(C)c3=C12.[Cl-].[Cl-]. The molecule has 0 unspecified atom stereocenters.